The van der Waals surface area contributed by atoms with Crippen LogP contribution in [0.25, 0.3) is 0 Å². The van der Waals surface area contributed by atoms with Gasteiger partial charge in [-0.25, -0.2) is 0 Å². The van der Waals surface area contributed by atoms with Crippen LogP contribution in [-0.4, -0.2) is 24.0 Å². The first kappa shape index (κ1) is 10.2. The molecule has 0 amide bonds. The van der Waals surface area contributed by atoms with Crippen LogP contribution in [0, 0.1) is 5.92 Å². The zero-order valence-corrected chi connectivity index (χ0v) is 9.41. The molecule has 1 fully saturated rings. The molecule has 0 N–H and O–H groups in total. The quantitative estimate of drug-likeness (QED) is 0.622. The maximum atomic E-state index is 2.72. The lowest BCUT2D eigenvalue weighted by atomic mass is 9.95. The molecule has 2 unspecified atom stereocenters. The molecule has 80 valence electrons. The van der Waals surface area contributed by atoms with Crippen molar-refractivity contribution in [3.8, 4) is 0 Å². The van der Waals surface area contributed by atoms with E-state index in [2.05, 4.69) is 24.0 Å². The fourth-order valence-electron chi connectivity index (χ4n) is 2.93. The summed E-state index contributed by atoms with van der Waals surface area (Å²) in [6, 6.07) is 0.894. The third kappa shape index (κ3) is 2.38. The van der Waals surface area contributed by atoms with Gasteiger partial charge in [-0.05, 0) is 51.0 Å². The van der Waals surface area contributed by atoms with Gasteiger partial charge >= 0.3 is 0 Å². The van der Waals surface area contributed by atoms with E-state index in [-0.39, 0.29) is 0 Å². The summed E-state index contributed by atoms with van der Waals surface area (Å²) >= 11 is 0. The van der Waals surface area contributed by atoms with E-state index in [9.17, 15) is 0 Å². The molecular formula is C13H23N. The van der Waals surface area contributed by atoms with Crippen molar-refractivity contribution in [2.45, 2.75) is 51.5 Å². The first-order valence-electron chi connectivity index (χ1n) is 6.31. The summed E-state index contributed by atoms with van der Waals surface area (Å²) in [6.45, 7) is 5.01. The Kier molecular flexibility index (Phi) is 3.63. The molecule has 1 heteroatoms. The Labute approximate surface area is 88.2 Å². The van der Waals surface area contributed by atoms with E-state index in [1.54, 1.807) is 0 Å². The van der Waals surface area contributed by atoms with E-state index in [1.165, 1.54) is 51.6 Å². The van der Waals surface area contributed by atoms with Gasteiger partial charge in [0, 0.05) is 12.6 Å². The predicted octanol–water partition coefficient (Wildman–Crippen LogP) is 3.22. The standard InChI is InChI=1S/C13H23N/c1-2-13-9-6-10-14(13)11-12-7-4-3-5-8-12/h4,7,12-13H,2-3,5-6,8-11H2,1H3. The highest BCUT2D eigenvalue weighted by Gasteiger charge is 2.24. The van der Waals surface area contributed by atoms with Gasteiger partial charge in [0.05, 0.1) is 0 Å². The second-order valence-corrected chi connectivity index (χ2v) is 4.82. The Morgan fingerprint density at radius 3 is 2.93 bits per heavy atom. The summed E-state index contributed by atoms with van der Waals surface area (Å²) in [5, 5.41) is 0. The first-order chi connectivity index (χ1) is 6.90. The molecule has 0 spiro atoms. The Bertz CT molecular complexity index is 197. The number of likely N-dealkylation sites (tertiary alicyclic amines) is 1. The van der Waals surface area contributed by atoms with Gasteiger partial charge < -0.3 is 0 Å². The van der Waals surface area contributed by atoms with E-state index in [0.717, 1.165) is 12.0 Å². The van der Waals surface area contributed by atoms with Crippen LogP contribution < -0.4 is 0 Å². The highest BCUT2D eigenvalue weighted by Crippen LogP contribution is 2.24. The zero-order chi connectivity index (χ0) is 9.80. The summed E-state index contributed by atoms with van der Waals surface area (Å²) in [7, 11) is 0. The zero-order valence-electron chi connectivity index (χ0n) is 9.41. The van der Waals surface area contributed by atoms with Crippen LogP contribution in [0.4, 0.5) is 0 Å². The van der Waals surface area contributed by atoms with Crippen molar-refractivity contribution in [1.82, 2.24) is 4.90 Å². The fourth-order valence-corrected chi connectivity index (χ4v) is 2.93. The smallest absolute Gasteiger partial charge is 0.00933 e. The summed E-state index contributed by atoms with van der Waals surface area (Å²) in [4.78, 5) is 2.72. The van der Waals surface area contributed by atoms with Gasteiger partial charge in [0.15, 0.2) is 0 Å². The van der Waals surface area contributed by atoms with Crippen molar-refractivity contribution in [3.63, 3.8) is 0 Å². The molecule has 0 aromatic carbocycles. The van der Waals surface area contributed by atoms with Gasteiger partial charge in [0.1, 0.15) is 0 Å². The van der Waals surface area contributed by atoms with Gasteiger partial charge in [-0.15, -0.1) is 0 Å². The molecule has 1 nitrogen and oxygen atoms in total. The van der Waals surface area contributed by atoms with Gasteiger partial charge in [0.2, 0.25) is 0 Å². The molecule has 2 rings (SSSR count). The molecule has 0 saturated carbocycles. The minimum Gasteiger partial charge on any atom is -0.300 e. The summed E-state index contributed by atoms with van der Waals surface area (Å²) in [6.07, 6.45) is 13.2. The van der Waals surface area contributed by atoms with Crippen molar-refractivity contribution in [3.05, 3.63) is 12.2 Å². The average Bonchev–Trinajstić information content (AvgIpc) is 2.67. The Balaban J connectivity index is 1.83. The van der Waals surface area contributed by atoms with Gasteiger partial charge in [-0.1, -0.05) is 19.1 Å². The minimum atomic E-state index is 0.857. The molecule has 0 bridgehead atoms. The van der Waals surface area contributed by atoms with Crippen molar-refractivity contribution >= 4 is 0 Å². The van der Waals surface area contributed by atoms with E-state index in [0.29, 0.717) is 0 Å². The first-order valence-corrected chi connectivity index (χ1v) is 6.31. The summed E-state index contributed by atoms with van der Waals surface area (Å²) in [5.41, 5.74) is 0. The topological polar surface area (TPSA) is 3.24 Å². The molecule has 1 aliphatic carbocycles. The van der Waals surface area contributed by atoms with E-state index < -0.39 is 0 Å². The SMILES string of the molecule is CCC1CCCN1CC1C=CCCC1. The van der Waals surface area contributed by atoms with Crippen molar-refractivity contribution in [2.75, 3.05) is 13.1 Å². The lowest BCUT2D eigenvalue weighted by Gasteiger charge is -2.28. The second kappa shape index (κ2) is 4.97. The minimum absolute atomic E-state index is 0.857. The average molecular weight is 193 g/mol. The lowest BCUT2D eigenvalue weighted by Crippen LogP contribution is -2.33. The molecule has 1 aliphatic heterocycles. The molecule has 0 radical (unpaired) electrons. The number of hydrogen-bond acceptors (Lipinski definition) is 1. The van der Waals surface area contributed by atoms with Crippen molar-refractivity contribution in [2.24, 2.45) is 5.92 Å². The molecule has 0 aromatic heterocycles. The van der Waals surface area contributed by atoms with Gasteiger partial charge in [-0.2, -0.15) is 0 Å². The van der Waals surface area contributed by atoms with E-state index in [1.807, 2.05) is 0 Å². The van der Waals surface area contributed by atoms with E-state index in [4.69, 9.17) is 0 Å². The highest BCUT2D eigenvalue weighted by molar-refractivity contribution is 4.95. The third-order valence-electron chi connectivity index (χ3n) is 3.79. The van der Waals surface area contributed by atoms with Gasteiger partial charge in [-0.3, -0.25) is 4.90 Å². The van der Waals surface area contributed by atoms with Crippen LogP contribution in [0.5, 0.6) is 0 Å². The van der Waals surface area contributed by atoms with Crippen molar-refractivity contribution in [1.29, 1.82) is 0 Å². The molecule has 2 aliphatic rings. The normalized spacial score (nSPS) is 33.8. The van der Waals surface area contributed by atoms with E-state index >= 15 is 0 Å². The Morgan fingerprint density at radius 2 is 2.21 bits per heavy atom. The number of hydrogen-bond donors (Lipinski definition) is 0. The second-order valence-electron chi connectivity index (χ2n) is 4.82. The molecular weight excluding hydrogens is 170 g/mol. The summed E-state index contributed by atoms with van der Waals surface area (Å²) in [5.74, 6) is 0.857. The van der Waals surface area contributed by atoms with Crippen LogP contribution in [0.15, 0.2) is 12.2 Å². The molecule has 0 aromatic rings. The van der Waals surface area contributed by atoms with Crippen LogP contribution in [0.1, 0.15) is 45.4 Å². The fraction of sp³-hybridized carbons (Fsp3) is 0.846. The number of allylic oxidation sites excluding steroid dienone is 1. The van der Waals surface area contributed by atoms with Crippen molar-refractivity contribution < 1.29 is 0 Å². The predicted molar refractivity (Wildman–Crippen MR) is 61.4 cm³/mol. The number of rotatable bonds is 3. The highest BCUT2D eigenvalue weighted by atomic mass is 15.2. The number of nitrogens with zero attached hydrogens (tertiary/aromatic N) is 1. The lowest BCUT2D eigenvalue weighted by molar-refractivity contribution is 0.218. The summed E-state index contributed by atoms with van der Waals surface area (Å²) < 4.78 is 0. The third-order valence-corrected chi connectivity index (χ3v) is 3.79. The molecule has 1 heterocycles. The maximum Gasteiger partial charge on any atom is 0.00933 e. The molecule has 1 saturated heterocycles. The largest absolute Gasteiger partial charge is 0.300 e. The Hall–Kier alpha value is -0.300. The van der Waals surface area contributed by atoms with Crippen LogP contribution in [0.3, 0.4) is 0 Å². The molecule has 14 heavy (non-hydrogen) atoms. The maximum absolute atomic E-state index is 2.72. The van der Waals surface area contributed by atoms with Gasteiger partial charge in [0.25, 0.3) is 0 Å². The molecule has 2 atom stereocenters. The monoisotopic (exact) mass is 193 g/mol. The Morgan fingerprint density at radius 1 is 1.29 bits per heavy atom. The van der Waals surface area contributed by atoms with Crippen LogP contribution in [0.2, 0.25) is 0 Å². The van der Waals surface area contributed by atoms with Crippen LogP contribution >= 0.6 is 0 Å². The van der Waals surface area contributed by atoms with Crippen LogP contribution in [-0.2, 0) is 0 Å².